The summed E-state index contributed by atoms with van der Waals surface area (Å²) in [5, 5.41) is 7.38. The zero-order valence-corrected chi connectivity index (χ0v) is 22.7. The van der Waals surface area contributed by atoms with Gasteiger partial charge in [0.15, 0.2) is 23.0 Å². The van der Waals surface area contributed by atoms with Crippen molar-refractivity contribution in [1.82, 2.24) is 20.4 Å². The summed E-state index contributed by atoms with van der Waals surface area (Å²) in [5.74, 6) is 3.46. The standard InChI is InChI=1S/C28H36N4O6/c1-6-21(18-9-11-22(34-2)24(14-18)36-4)29-28(33)20-8-7-13-32(16-20)17-26-30-27(31-38-26)19-10-12-23(35-3)25(15-19)37-5/h9-12,14-15,20-21H,6-8,13,16-17H2,1-5H3,(H,29,33). The van der Waals surface area contributed by atoms with Crippen molar-refractivity contribution in [3.05, 3.63) is 47.9 Å². The van der Waals surface area contributed by atoms with Gasteiger partial charge < -0.3 is 28.8 Å². The normalized spacial score (nSPS) is 16.5. The predicted octanol–water partition coefficient (Wildman–Crippen LogP) is 4.25. The number of hydrogen-bond donors (Lipinski definition) is 1. The molecule has 0 aliphatic carbocycles. The van der Waals surface area contributed by atoms with Gasteiger partial charge in [0.05, 0.1) is 46.9 Å². The number of piperidine rings is 1. The Bertz CT molecular complexity index is 1230. The fraction of sp³-hybridized carbons (Fsp3) is 0.464. The molecule has 2 aromatic carbocycles. The zero-order valence-electron chi connectivity index (χ0n) is 22.7. The topological polar surface area (TPSA) is 108 Å². The fourth-order valence-electron chi connectivity index (χ4n) is 4.80. The van der Waals surface area contributed by atoms with Crippen molar-refractivity contribution in [2.75, 3.05) is 41.5 Å². The minimum absolute atomic E-state index is 0.0490. The second-order valence-electron chi connectivity index (χ2n) is 9.24. The SMILES string of the molecule is CCC(NC(=O)C1CCCN(Cc2nc(-c3ccc(OC)c(OC)c3)no2)C1)c1ccc(OC)c(OC)c1. The van der Waals surface area contributed by atoms with Crippen molar-refractivity contribution in [1.29, 1.82) is 0 Å². The number of nitrogens with zero attached hydrogens (tertiary/aromatic N) is 3. The Hall–Kier alpha value is -3.79. The van der Waals surface area contributed by atoms with Crippen LogP contribution in [0.2, 0.25) is 0 Å². The van der Waals surface area contributed by atoms with Crippen molar-refractivity contribution >= 4 is 5.91 Å². The van der Waals surface area contributed by atoms with Crippen LogP contribution in [0.15, 0.2) is 40.9 Å². The van der Waals surface area contributed by atoms with Gasteiger partial charge in [0.25, 0.3) is 0 Å². The molecule has 38 heavy (non-hydrogen) atoms. The van der Waals surface area contributed by atoms with Crippen LogP contribution in [0.3, 0.4) is 0 Å². The van der Waals surface area contributed by atoms with E-state index in [1.54, 1.807) is 28.4 Å². The molecule has 2 atom stereocenters. The number of hydrogen-bond acceptors (Lipinski definition) is 9. The van der Waals surface area contributed by atoms with Gasteiger partial charge >= 0.3 is 0 Å². The predicted molar refractivity (Wildman–Crippen MR) is 142 cm³/mol. The van der Waals surface area contributed by atoms with Gasteiger partial charge in [-0.05, 0) is 61.7 Å². The Morgan fingerprint density at radius 3 is 2.39 bits per heavy atom. The molecule has 3 aromatic rings. The van der Waals surface area contributed by atoms with E-state index < -0.39 is 0 Å². The molecule has 0 bridgehead atoms. The summed E-state index contributed by atoms with van der Waals surface area (Å²) in [6.07, 6.45) is 2.52. The second kappa shape index (κ2) is 12.6. The molecule has 1 N–H and O–H groups in total. The lowest BCUT2D eigenvalue weighted by molar-refractivity contribution is -0.127. The number of amides is 1. The van der Waals surface area contributed by atoms with Crippen LogP contribution in [-0.4, -0.2) is 62.5 Å². The van der Waals surface area contributed by atoms with E-state index in [-0.39, 0.29) is 17.9 Å². The first-order valence-corrected chi connectivity index (χ1v) is 12.8. The molecule has 0 spiro atoms. The van der Waals surface area contributed by atoms with Crippen LogP contribution in [0.5, 0.6) is 23.0 Å². The lowest BCUT2D eigenvalue weighted by Gasteiger charge is -2.32. The largest absolute Gasteiger partial charge is 0.493 e. The number of carbonyl (C=O) groups excluding carboxylic acids is 1. The van der Waals surface area contributed by atoms with Crippen LogP contribution in [-0.2, 0) is 11.3 Å². The molecule has 4 rings (SSSR count). The summed E-state index contributed by atoms with van der Waals surface area (Å²) >= 11 is 0. The van der Waals surface area contributed by atoms with Gasteiger partial charge in [-0.2, -0.15) is 4.98 Å². The molecule has 2 heterocycles. The highest BCUT2D eigenvalue weighted by molar-refractivity contribution is 5.79. The number of ether oxygens (including phenoxy) is 4. The molecule has 10 nitrogen and oxygen atoms in total. The first-order chi connectivity index (χ1) is 18.5. The quantitative estimate of drug-likeness (QED) is 0.394. The Morgan fingerprint density at radius 1 is 1.03 bits per heavy atom. The van der Waals surface area contributed by atoms with Crippen molar-refractivity contribution in [2.45, 2.75) is 38.8 Å². The average molecular weight is 525 g/mol. The summed E-state index contributed by atoms with van der Waals surface area (Å²) in [5.41, 5.74) is 1.76. The number of aromatic nitrogens is 2. The molecule has 1 aliphatic heterocycles. The van der Waals surface area contributed by atoms with Crippen LogP contribution in [0.25, 0.3) is 11.4 Å². The molecule has 2 unspecified atom stereocenters. The molecular weight excluding hydrogens is 488 g/mol. The number of likely N-dealkylation sites (tertiary alicyclic amines) is 1. The first kappa shape index (κ1) is 27.3. The van der Waals surface area contributed by atoms with Crippen LogP contribution >= 0.6 is 0 Å². The van der Waals surface area contributed by atoms with Crippen LogP contribution in [0, 0.1) is 5.92 Å². The highest BCUT2D eigenvalue weighted by atomic mass is 16.5. The number of nitrogens with one attached hydrogen (secondary N) is 1. The van der Waals surface area contributed by atoms with Crippen LogP contribution in [0.1, 0.15) is 43.7 Å². The molecule has 10 heteroatoms. The molecule has 0 radical (unpaired) electrons. The first-order valence-electron chi connectivity index (χ1n) is 12.8. The molecule has 0 saturated carbocycles. The number of carbonyl (C=O) groups is 1. The van der Waals surface area contributed by atoms with Gasteiger partial charge in [0.2, 0.25) is 17.6 Å². The maximum Gasteiger partial charge on any atom is 0.241 e. The smallest absolute Gasteiger partial charge is 0.241 e. The maximum atomic E-state index is 13.3. The van der Waals surface area contributed by atoms with Crippen molar-refractivity contribution in [3.63, 3.8) is 0 Å². The molecule has 1 aliphatic rings. The van der Waals surface area contributed by atoms with Gasteiger partial charge in [0, 0.05) is 12.1 Å². The van der Waals surface area contributed by atoms with E-state index in [0.29, 0.717) is 47.8 Å². The third-order valence-electron chi connectivity index (χ3n) is 6.88. The summed E-state index contributed by atoms with van der Waals surface area (Å²) < 4.78 is 27.0. The van der Waals surface area contributed by atoms with Gasteiger partial charge in [-0.1, -0.05) is 18.1 Å². The Labute approximate surface area is 223 Å². The highest BCUT2D eigenvalue weighted by Crippen LogP contribution is 2.32. The fourth-order valence-corrected chi connectivity index (χ4v) is 4.80. The van der Waals surface area contributed by atoms with E-state index in [9.17, 15) is 4.79 Å². The van der Waals surface area contributed by atoms with Crippen molar-refractivity contribution in [3.8, 4) is 34.4 Å². The van der Waals surface area contributed by atoms with E-state index in [0.717, 1.165) is 36.9 Å². The summed E-state index contributed by atoms with van der Waals surface area (Å²) in [4.78, 5) is 20.0. The summed E-state index contributed by atoms with van der Waals surface area (Å²) in [6.45, 7) is 4.03. The van der Waals surface area contributed by atoms with Gasteiger partial charge in [0.1, 0.15) is 0 Å². The minimum atomic E-state index is -0.119. The Morgan fingerprint density at radius 2 is 1.71 bits per heavy atom. The number of methoxy groups -OCH3 is 4. The van der Waals surface area contributed by atoms with Gasteiger partial charge in [-0.15, -0.1) is 0 Å². The third kappa shape index (κ3) is 6.19. The monoisotopic (exact) mass is 524 g/mol. The van der Waals surface area contributed by atoms with E-state index in [4.69, 9.17) is 23.5 Å². The van der Waals surface area contributed by atoms with Crippen LogP contribution in [0.4, 0.5) is 0 Å². The number of rotatable bonds is 11. The lowest BCUT2D eigenvalue weighted by Crippen LogP contribution is -2.43. The van der Waals surface area contributed by atoms with Crippen molar-refractivity contribution < 1.29 is 28.3 Å². The Kier molecular flexibility index (Phi) is 9.06. The molecular formula is C28H36N4O6. The van der Waals surface area contributed by atoms with Crippen LogP contribution < -0.4 is 24.3 Å². The van der Waals surface area contributed by atoms with E-state index in [2.05, 4.69) is 27.3 Å². The molecule has 204 valence electrons. The van der Waals surface area contributed by atoms with E-state index in [1.807, 2.05) is 36.4 Å². The summed E-state index contributed by atoms with van der Waals surface area (Å²) in [6, 6.07) is 11.1. The lowest BCUT2D eigenvalue weighted by atomic mass is 9.95. The Balaban J connectivity index is 1.38. The van der Waals surface area contributed by atoms with Crippen molar-refractivity contribution in [2.24, 2.45) is 5.92 Å². The highest BCUT2D eigenvalue weighted by Gasteiger charge is 2.28. The molecule has 1 fully saturated rings. The molecule has 1 aromatic heterocycles. The minimum Gasteiger partial charge on any atom is -0.493 e. The van der Waals surface area contributed by atoms with Gasteiger partial charge in [-0.3, -0.25) is 9.69 Å². The van der Waals surface area contributed by atoms with Gasteiger partial charge in [-0.25, -0.2) is 0 Å². The maximum absolute atomic E-state index is 13.3. The second-order valence-corrected chi connectivity index (χ2v) is 9.24. The number of benzene rings is 2. The summed E-state index contributed by atoms with van der Waals surface area (Å²) in [7, 11) is 6.40. The third-order valence-corrected chi connectivity index (χ3v) is 6.88. The van der Waals surface area contributed by atoms with E-state index in [1.165, 1.54) is 0 Å². The zero-order chi connectivity index (χ0) is 27.1. The molecule has 1 amide bonds. The average Bonchev–Trinajstić information content (AvgIpc) is 3.43. The van der Waals surface area contributed by atoms with E-state index >= 15 is 0 Å². The molecule has 1 saturated heterocycles.